The summed E-state index contributed by atoms with van der Waals surface area (Å²) < 4.78 is 1.71. The van der Waals surface area contributed by atoms with E-state index in [2.05, 4.69) is 24.2 Å². The Hall–Kier alpha value is -1.69. The van der Waals surface area contributed by atoms with Crippen molar-refractivity contribution in [2.75, 3.05) is 6.54 Å². The molecule has 1 aliphatic rings. The van der Waals surface area contributed by atoms with Gasteiger partial charge in [-0.25, -0.2) is 0 Å². The highest BCUT2D eigenvalue weighted by Crippen LogP contribution is 2.20. The van der Waals surface area contributed by atoms with E-state index in [1.54, 1.807) is 17.0 Å². The first kappa shape index (κ1) is 15.7. The molecule has 2 rings (SSSR count). The van der Waals surface area contributed by atoms with Gasteiger partial charge < -0.3 is 10.0 Å². The summed E-state index contributed by atoms with van der Waals surface area (Å²) in [6.45, 7) is 5.50. The average Bonchev–Trinajstić information content (AvgIpc) is 3.14. The van der Waals surface area contributed by atoms with E-state index in [4.69, 9.17) is 5.11 Å². The summed E-state index contributed by atoms with van der Waals surface area (Å²) in [5.74, 6) is 0.110. The molecule has 6 heteroatoms. The van der Waals surface area contributed by atoms with Crippen molar-refractivity contribution in [1.29, 1.82) is 0 Å². The van der Waals surface area contributed by atoms with Crippen LogP contribution < -0.4 is 0 Å². The summed E-state index contributed by atoms with van der Waals surface area (Å²) in [7, 11) is 0. The van der Waals surface area contributed by atoms with Crippen LogP contribution in [0.5, 0.6) is 0 Å². The van der Waals surface area contributed by atoms with Crippen LogP contribution in [0.2, 0.25) is 0 Å². The van der Waals surface area contributed by atoms with Crippen LogP contribution in [0.4, 0.5) is 0 Å². The highest BCUT2D eigenvalue weighted by Gasteiger charge is 2.28. The molecule has 0 aliphatic carbocycles. The molecule has 21 heavy (non-hydrogen) atoms. The largest absolute Gasteiger partial charge is 0.390 e. The number of hydrogen-bond donors (Lipinski definition) is 1. The van der Waals surface area contributed by atoms with Crippen molar-refractivity contribution in [3.63, 3.8) is 0 Å². The van der Waals surface area contributed by atoms with Crippen molar-refractivity contribution in [2.24, 2.45) is 0 Å². The number of carbonyl (C=O) groups is 1. The second-order valence-corrected chi connectivity index (χ2v) is 5.43. The number of likely N-dealkylation sites (tertiary alicyclic amines) is 1. The second kappa shape index (κ2) is 7.36. The fourth-order valence-corrected chi connectivity index (χ4v) is 2.74. The van der Waals surface area contributed by atoms with E-state index >= 15 is 0 Å². The maximum absolute atomic E-state index is 12.4. The maximum Gasteiger partial charge on any atom is 0.246 e. The molecule has 0 radical (unpaired) electrons. The summed E-state index contributed by atoms with van der Waals surface area (Å²) in [6.07, 6.45) is 7.38. The number of nitrogens with zero attached hydrogens (tertiary/aromatic N) is 4. The van der Waals surface area contributed by atoms with Crippen molar-refractivity contribution in [1.82, 2.24) is 19.9 Å². The lowest BCUT2D eigenvalue weighted by molar-refractivity contribution is -0.127. The lowest BCUT2D eigenvalue weighted by Gasteiger charge is -2.23. The summed E-state index contributed by atoms with van der Waals surface area (Å²) >= 11 is 0. The number of rotatable bonds is 6. The smallest absolute Gasteiger partial charge is 0.246 e. The van der Waals surface area contributed by atoms with Crippen molar-refractivity contribution in [3.8, 4) is 0 Å². The fraction of sp³-hybridized carbons (Fsp3) is 0.667. The number of aliphatic hydroxyl groups excluding tert-OH is 1. The predicted molar refractivity (Wildman–Crippen MR) is 79.3 cm³/mol. The van der Waals surface area contributed by atoms with Gasteiger partial charge in [0.25, 0.3) is 0 Å². The van der Waals surface area contributed by atoms with Crippen molar-refractivity contribution >= 4 is 5.91 Å². The predicted octanol–water partition coefficient (Wildman–Crippen LogP) is 1.51. The third-order valence-electron chi connectivity index (χ3n) is 4.04. The van der Waals surface area contributed by atoms with Gasteiger partial charge >= 0.3 is 0 Å². The zero-order chi connectivity index (χ0) is 15.2. The molecule has 0 bridgehead atoms. The van der Waals surface area contributed by atoms with E-state index in [1.165, 1.54) is 5.57 Å². The lowest BCUT2D eigenvalue weighted by atomic mass is 10.1. The minimum atomic E-state index is -0.105. The Balaban J connectivity index is 2.02. The van der Waals surface area contributed by atoms with Gasteiger partial charge in [0.1, 0.15) is 5.69 Å². The quantitative estimate of drug-likeness (QED) is 0.807. The van der Waals surface area contributed by atoms with Crippen molar-refractivity contribution < 1.29 is 9.90 Å². The number of carbonyl (C=O) groups excluding carboxylic acids is 1. The van der Waals surface area contributed by atoms with E-state index in [9.17, 15) is 4.79 Å². The minimum absolute atomic E-state index is 0.105. The summed E-state index contributed by atoms with van der Waals surface area (Å²) in [5, 5.41) is 16.9. The van der Waals surface area contributed by atoms with E-state index < -0.39 is 0 Å². The molecule has 0 saturated carbocycles. The topological polar surface area (TPSA) is 71.2 Å². The zero-order valence-electron chi connectivity index (χ0n) is 12.8. The molecule has 6 nitrogen and oxygen atoms in total. The molecule has 2 heterocycles. The molecule has 1 saturated heterocycles. The van der Waals surface area contributed by atoms with Crippen LogP contribution >= 0.6 is 0 Å². The molecule has 1 aromatic rings. The normalized spacial score (nSPS) is 18.0. The Bertz CT molecular complexity index is 504. The molecule has 1 aliphatic heterocycles. The Morgan fingerprint density at radius 1 is 1.48 bits per heavy atom. The average molecular weight is 292 g/mol. The molecule has 0 aromatic carbocycles. The van der Waals surface area contributed by atoms with Crippen LogP contribution in [0.3, 0.4) is 0 Å². The Morgan fingerprint density at radius 2 is 2.24 bits per heavy atom. The van der Waals surface area contributed by atoms with Gasteiger partial charge in [-0.15, -0.1) is 5.10 Å². The molecule has 1 N–H and O–H groups in total. The summed E-state index contributed by atoms with van der Waals surface area (Å²) in [5.41, 5.74) is 1.75. The molecular formula is C15H24N4O2. The number of allylic oxidation sites excluding steroid dienone is 1. The minimum Gasteiger partial charge on any atom is -0.390 e. The van der Waals surface area contributed by atoms with Crippen LogP contribution in [0.1, 0.15) is 45.2 Å². The van der Waals surface area contributed by atoms with E-state index in [1.807, 2.05) is 4.90 Å². The number of aliphatic hydroxyl groups is 1. The first-order chi connectivity index (χ1) is 10.2. The molecule has 1 aromatic heterocycles. The Morgan fingerprint density at radius 3 is 2.86 bits per heavy atom. The molecule has 1 amide bonds. The second-order valence-electron chi connectivity index (χ2n) is 5.43. The van der Waals surface area contributed by atoms with E-state index in [-0.39, 0.29) is 18.6 Å². The van der Waals surface area contributed by atoms with E-state index in [0.29, 0.717) is 12.2 Å². The fourth-order valence-electron chi connectivity index (χ4n) is 2.74. The van der Waals surface area contributed by atoms with E-state index in [0.717, 1.165) is 32.2 Å². The lowest BCUT2D eigenvalue weighted by Crippen LogP contribution is -2.37. The molecule has 1 atom stereocenters. The molecule has 1 fully saturated rings. The first-order valence-electron chi connectivity index (χ1n) is 7.67. The molecule has 116 valence electrons. The van der Waals surface area contributed by atoms with Crippen molar-refractivity contribution in [2.45, 2.75) is 58.7 Å². The van der Waals surface area contributed by atoms with Gasteiger partial charge in [-0.1, -0.05) is 24.6 Å². The van der Waals surface area contributed by atoms with Gasteiger partial charge in [-0.05, 0) is 25.7 Å². The third kappa shape index (κ3) is 3.91. The molecule has 0 spiro atoms. The number of amides is 1. The third-order valence-corrected chi connectivity index (χ3v) is 4.04. The highest BCUT2D eigenvalue weighted by atomic mass is 16.3. The monoisotopic (exact) mass is 292 g/mol. The van der Waals surface area contributed by atoms with Crippen LogP contribution in [0.25, 0.3) is 0 Å². The SMILES string of the molecule is CCC(=CC(=O)N1CCC[C@H]1Cn1cc(CO)nn1)CC. The van der Waals surface area contributed by atoms with Crippen molar-refractivity contribution in [3.05, 3.63) is 23.5 Å². The van der Waals surface area contributed by atoms with Gasteiger partial charge in [0.15, 0.2) is 0 Å². The Kier molecular flexibility index (Phi) is 5.50. The van der Waals surface area contributed by atoms with Gasteiger partial charge in [0, 0.05) is 12.6 Å². The van der Waals surface area contributed by atoms with Gasteiger partial charge in [0.05, 0.1) is 25.4 Å². The van der Waals surface area contributed by atoms with Gasteiger partial charge in [0.2, 0.25) is 5.91 Å². The van der Waals surface area contributed by atoms with Crippen LogP contribution in [-0.4, -0.2) is 43.5 Å². The van der Waals surface area contributed by atoms with Crippen LogP contribution in [-0.2, 0) is 17.9 Å². The zero-order valence-corrected chi connectivity index (χ0v) is 12.8. The van der Waals surface area contributed by atoms with Gasteiger partial charge in [-0.2, -0.15) is 0 Å². The highest BCUT2D eigenvalue weighted by molar-refractivity contribution is 5.88. The summed E-state index contributed by atoms with van der Waals surface area (Å²) in [6, 6.07) is 0.164. The Labute approximate surface area is 125 Å². The maximum atomic E-state index is 12.4. The first-order valence-corrected chi connectivity index (χ1v) is 7.67. The molecular weight excluding hydrogens is 268 g/mol. The van der Waals surface area contributed by atoms with Crippen LogP contribution in [0.15, 0.2) is 17.8 Å². The number of aromatic nitrogens is 3. The standard InChI is InChI=1S/C15H24N4O2/c1-3-12(4-2)8-15(21)19-7-5-6-14(19)10-18-9-13(11-20)16-17-18/h8-9,14,20H,3-7,10-11H2,1-2H3/t14-/m0/s1. The molecule has 0 unspecified atom stereocenters. The number of hydrogen-bond acceptors (Lipinski definition) is 4. The summed E-state index contributed by atoms with van der Waals surface area (Å²) in [4.78, 5) is 14.3. The van der Waals surface area contributed by atoms with Crippen LogP contribution in [0, 0.1) is 0 Å². The van der Waals surface area contributed by atoms with Gasteiger partial charge in [-0.3, -0.25) is 9.48 Å².